The Morgan fingerprint density at radius 3 is 2.95 bits per heavy atom. The summed E-state index contributed by atoms with van der Waals surface area (Å²) in [6, 6.07) is 7.62. The number of fused-ring (bicyclic) bond motifs is 1. The lowest BCUT2D eigenvalue weighted by Crippen LogP contribution is -2.42. The molecule has 0 saturated carbocycles. The van der Waals surface area contributed by atoms with E-state index >= 15 is 0 Å². The maximum Gasteiger partial charge on any atom is 0.339 e. The highest BCUT2D eigenvalue weighted by Gasteiger charge is 2.34. The number of carbonyl (C=O) groups is 2. The number of amides is 1. The van der Waals surface area contributed by atoms with Gasteiger partial charge >= 0.3 is 5.97 Å². The average molecular weight is 273 g/mol. The fourth-order valence-electron chi connectivity index (χ4n) is 3.12. The van der Waals surface area contributed by atoms with Crippen molar-refractivity contribution in [3.63, 3.8) is 0 Å². The van der Waals surface area contributed by atoms with E-state index in [2.05, 4.69) is 6.92 Å². The summed E-state index contributed by atoms with van der Waals surface area (Å²) in [7, 11) is 0. The topological polar surface area (TPSA) is 46.6 Å². The molecule has 1 fully saturated rings. The van der Waals surface area contributed by atoms with Gasteiger partial charge in [0.05, 0.1) is 12.0 Å². The van der Waals surface area contributed by atoms with Crippen LogP contribution in [0.4, 0.5) is 0 Å². The zero-order valence-electron chi connectivity index (χ0n) is 11.7. The van der Waals surface area contributed by atoms with Crippen LogP contribution in [0.2, 0.25) is 0 Å². The predicted octanol–water partition coefficient (Wildman–Crippen LogP) is 2.69. The molecule has 2 aliphatic rings. The number of benzene rings is 1. The Labute approximate surface area is 118 Å². The molecular formula is C16H19NO3. The summed E-state index contributed by atoms with van der Waals surface area (Å²) in [4.78, 5) is 26.1. The van der Waals surface area contributed by atoms with Gasteiger partial charge in [0.15, 0.2) is 0 Å². The zero-order chi connectivity index (χ0) is 14.1. The van der Waals surface area contributed by atoms with Crippen molar-refractivity contribution in [2.45, 2.75) is 44.8 Å². The highest BCUT2D eigenvalue weighted by molar-refractivity contribution is 5.94. The molecule has 2 heterocycles. The van der Waals surface area contributed by atoms with E-state index in [1.165, 1.54) is 6.42 Å². The zero-order valence-corrected chi connectivity index (χ0v) is 11.7. The van der Waals surface area contributed by atoms with Gasteiger partial charge in [-0.2, -0.15) is 0 Å². The number of ether oxygens (including phenoxy) is 1. The van der Waals surface area contributed by atoms with Crippen LogP contribution in [0, 0.1) is 0 Å². The quantitative estimate of drug-likeness (QED) is 0.778. The van der Waals surface area contributed by atoms with Crippen LogP contribution in [-0.2, 0) is 9.53 Å². The number of carbonyl (C=O) groups excluding carboxylic acids is 2. The summed E-state index contributed by atoms with van der Waals surface area (Å²) < 4.78 is 5.34. The molecule has 4 nitrogen and oxygen atoms in total. The Hall–Kier alpha value is -1.84. The molecule has 1 aromatic carbocycles. The van der Waals surface area contributed by atoms with Gasteiger partial charge in [0.2, 0.25) is 5.91 Å². The molecule has 4 heteroatoms. The highest BCUT2D eigenvalue weighted by atomic mass is 16.5. The maximum atomic E-state index is 12.4. The van der Waals surface area contributed by atoms with Crippen LogP contribution in [0.25, 0.3) is 0 Å². The molecule has 2 atom stereocenters. The molecule has 0 radical (unpaired) electrons. The molecule has 1 aromatic rings. The number of cyclic esters (lactones) is 1. The molecule has 1 amide bonds. The second-order valence-electron chi connectivity index (χ2n) is 5.62. The predicted molar refractivity (Wildman–Crippen MR) is 74.2 cm³/mol. The molecule has 0 aromatic heterocycles. The normalized spacial score (nSPS) is 25.2. The third kappa shape index (κ3) is 2.30. The lowest BCUT2D eigenvalue weighted by Gasteiger charge is -2.34. The van der Waals surface area contributed by atoms with Gasteiger partial charge in [0.1, 0.15) is 6.10 Å². The van der Waals surface area contributed by atoms with Crippen LogP contribution in [0.1, 0.15) is 54.6 Å². The molecule has 0 bridgehead atoms. The van der Waals surface area contributed by atoms with E-state index in [0.717, 1.165) is 24.9 Å². The number of hydrogen-bond acceptors (Lipinski definition) is 3. The Balaban J connectivity index is 1.73. The smallest absolute Gasteiger partial charge is 0.339 e. The van der Waals surface area contributed by atoms with Crippen molar-refractivity contribution in [2.75, 3.05) is 6.54 Å². The van der Waals surface area contributed by atoms with Crippen LogP contribution in [0.15, 0.2) is 24.3 Å². The first-order valence-corrected chi connectivity index (χ1v) is 7.26. The number of esters is 1. The van der Waals surface area contributed by atoms with Crippen molar-refractivity contribution < 1.29 is 14.3 Å². The van der Waals surface area contributed by atoms with E-state index in [1.54, 1.807) is 6.07 Å². The van der Waals surface area contributed by atoms with Gasteiger partial charge in [-0.3, -0.25) is 4.79 Å². The number of likely N-dealkylation sites (tertiary alicyclic amines) is 1. The number of rotatable bonds is 2. The summed E-state index contributed by atoms with van der Waals surface area (Å²) >= 11 is 0. The molecule has 106 valence electrons. The monoisotopic (exact) mass is 273 g/mol. The SMILES string of the molecule is CC1CCCCN1C(=O)CC1OC(=O)c2ccccc21. The molecule has 2 unspecified atom stereocenters. The fourth-order valence-corrected chi connectivity index (χ4v) is 3.12. The van der Waals surface area contributed by atoms with Crippen LogP contribution in [0.3, 0.4) is 0 Å². The van der Waals surface area contributed by atoms with Gasteiger partial charge < -0.3 is 9.64 Å². The van der Waals surface area contributed by atoms with Gasteiger partial charge in [-0.1, -0.05) is 18.2 Å². The molecule has 3 rings (SSSR count). The molecular weight excluding hydrogens is 254 g/mol. The van der Waals surface area contributed by atoms with Crippen LogP contribution < -0.4 is 0 Å². The lowest BCUT2D eigenvalue weighted by molar-refractivity contribution is -0.136. The first kappa shape index (κ1) is 13.2. The Morgan fingerprint density at radius 1 is 1.35 bits per heavy atom. The van der Waals surface area contributed by atoms with Crippen LogP contribution >= 0.6 is 0 Å². The van der Waals surface area contributed by atoms with Gasteiger partial charge in [-0.15, -0.1) is 0 Å². The van der Waals surface area contributed by atoms with Crippen molar-refractivity contribution in [3.05, 3.63) is 35.4 Å². The van der Waals surface area contributed by atoms with Crippen molar-refractivity contribution in [3.8, 4) is 0 Å². The van der Waals surface area contributed by atoms with E-state index < -0.39 is 6.10 Å². The minimum absolute atomic E-state index is 0.0895. The summed E-state index contributed by atoms with van der Waals surface area (Å²) in [5.74, 6) is -0.225. The summed E-state index contributed by atoms with van der Waals surface area (Å²) in [6.45, 7) is 2.91. The Morgan fingerprint density at radius 2 is 2.15 bits per heavy atom. The van der Waals surface area contributed by atoms with E-state index in [-0.39, 0.29) is 18.3 Å². The third-order valence-corrected chi connectivity index (χ3v) is 4.26. The number of hydrogen-bond donors (Lipinski definition) is 0. The molecule has 0 spiro atoms. The van der Waals surface area contributed by atoms with E-state index in [0.29, 0.717) is 11.6 Å². The van der Waals surface area contributed by atoms with Crippen molar-refractivity contribution in [1.82, 2.24) is 4.90 Å². The molecule has 20 heavy (non-hydrogen) atoms. The highest BCUT2D eigenvalue weighted by Crippen LogP contribution is 2.33. The Bertz CT molecular complexity index is 540. The van der Waals surface area contributed by atoms with E-state index in [4.69, 9.17) is 4.74 Å². The largest absolute Gasteiger partial charge is 0.453 e. The summed E-state index contributed by atoms with van der Waals surface area (Å²) in [6.07, 6.45) is 3.16. The summed E-state index contributed by atoms with van der Waals surface area (Å²) in [5.41, 5.74) is 1.44. The fraction of sp³-hybridized carbons (Fsp3) is 0.500. The second-order valence-corrected chi connectivity index (χ2v) is 5.62. The minimum atomic E-state index is -0.416. The maximum absolute atomic E-state index is 12.4. The van der Waals surface area contributed by atoms with Gasteiger partial charge in [-0.25, -0.2) is 4.79 Å². The lowest BCUT2D eigenvalue weighted by atomic mass is 10.00. The number of piperidine rings is 1. The first-order chi connectivity index (χ1) is 9.66. The van der Waals surface area contributed by atoms with Gasteiger partial charge in [0.25, 0.3) is 0 Å². The first-order valence-electron chi connectivity index (χ1n) is 7.26. The molecule has 0 N–H and O–H groups in total. The third-order valence-electron chi connectivity index (χ3n) is 4.26. The van der Waals surface area contributed by atoms with Crippen molar-refractivity contribution in [2.24, 2.45) is 0 Å². The van der Waals surface area contributed by atoms with Crippen molar-refractivity contribution >= 4 is 11.9 Å². The van der Waals surface area contributed by atoms with Gasteiger partial charge in [-0.05, 0) is 32.3 Å². The Kier molecular flexibility index (Phi) is 3.47. The van der Waals surface area contributed by atoms with E-state index in [9.17, 15) is 9.59 Å². The molecule has 0 aliphatic carbocycles. The minimum Gasteiger partial charge on any atom is -0.453 e. The second kappa shape index (κ2) is 5.27. The number of nitrogens with zero attached hydrogens (tertiary/aromatic N) is 1. The molecule has 2 aliphatic heterocycles. The van der Waals surface area contributed by atoms with Gasteiger partial charge in [0, 0.05) is 18.2 Å². The van der Waals surface area contributed by atoms with E-state index in [1.807, 2.05) is 23.1 Å². The molecule has 1 saturated heterocycles. The standard InChI is InChI=1S/C16H19NO3/c1-11-6-4-5-9-17(11)15(18)10-14-12-7-2-3-8-13(12)16(19)20-14/h2-3,7-8,11,14H,4-6,9-10H2,1H3. The van der Waals surface area contributed by atoms with Crippen molar-refractivity contribution in [1.29, 1.82) is 0 Å². The average Bonchev–Trinajstić information content (AvgIpc) is 2.76. The summed E-state index contributed by atoms with van der Waals surface area (Å²) in [5, 5.41) is 0. The van der Waals surface area contributed by atoms with Crippen LogP contribution in [0.5, 0.6) is 0 Å². The van der Waals surface area contributed by atoms with Crippen LogP contribution in [-0.4, -0.2) is 29.4 Å².